The first-order chi connectivity index (χ1) is 7.99. The number of nitrogens with zero attached hydrogens (tertiary/aromatic N) is 2. The lowest BCUT2D eigenvalue weighted by atomic mass is 10.1. The molecule has 2 heterocycles. The van der Waals surface area contributed by atoms with E-state index in [2.05, 4.69) is 23.7 Å². The largest absolute Gasteiger partial charge is 0.476 e. The molecule has 1 aliphatic rings. The molecule has 1 aromatic heterocycles. The van der Waals surface area contributed by atoms with E-state index >= 15 is 0 Å². The van der Waals surface area contributed by atoms with Crippen molar-refractivity contribution in [2.24, 2.45) is 5.92 Å². The number of aromatic nitrogens is 1. The van der Waals surface area contributed by atoms with Gasteiger partial charge in [-0.3, -0.25) is 0 Å². The quantitative estimate of drug-likeness (QED) is 0.882. The van der Waals surface area contributed by atoms with Crippen LogP contribution in [0.5, 0.6) is 0 Å². The van der Waals surface area contributed by atoms with Crippen LogP contribution in [0.2, 0.25) is 5.02 Å². The number of aromatic carboxylic acids is 1. The van der Waals surface area contributed by atoms with Gasteiger partial charge in [0.05, 0.1) is 5.02 Å². The first kappa shape index (κ1) is 12.2. The smallest absolute Gasteiger partial charge is 0.356 e. The lowest BCUT2D eigenvalue weighted by Gasteiger charge is -2.22. The summed E-state index contributed by atoms with van der Waals surface area (Å²) >= 11 is 5.80. The van der Waals surface area contributed by atoms with Gasteiger partial charge >= 0.3 is 5.97 Å². The number of carbonyl (C=O) groups is 1. The molecule has 17 heavy (non-hydrogen) atoms. The molecular formula is C12H15ClN2O2. The molecule has 0 amide bonds. The van der Waals surface area contributed by atoms with Gasteiger partial charge in [-0.1, -0.05) is 18.5 Å². The van der Waals surface area contributed by atoms with E-state index in [1.54, 1.807) is 12.1 Å². The number of rotatable bonds is 2. The third kappa shape index (κ3) is 2.36. The van der Waals surface area contributed by atoms with E-state index in [1.165, 1.54) is 0 Å². The Bertz CT molecular complexity index is 450. The highest BCUT2D eigenvalue weighted by Gasteiger charge is 2.27. The lowest BCUT2D eigenvalue weighted by molar-refractivity contribution is 0.0691. The van der Waals surface area contributed by atoms with Crippen LogP contribution in [0.1, 0.15) is 30.8 Å². The van der Waals surface area contributed by atoms with Gasteiger partial charge in [-0.25, -0.2) is 9.78 Å². The van der Waals surface area contributed by atoms with Crippen LogP contribution in [0.3, 0.4) is 0 Å². The number of carboxylic acid groups (broad SMARTS) is 1. The highest BCUT2D eigenvalue weighted by molar-refractivity contribution is 6.33. The van der Waals surface area contributed by atoms with Crippen LogP contribution in [0.15, 0.2) is 12.1 Å². The maximum Gasteiger partial charge on any atom is 0.356 e. The van der Waals surface area contributed by atoms with E-state index in [1.807, 2.05) is 0 Å². The maximum absolute atomic E-state index is 11.0. The molecule has 1 aliphatic heterocycles. The van der Waals surface area contributed by atoms with Crippen molar-refractivity contribution in [2.75, 3.05) is 11.4 Å². The lowest BCUT2D eigenvalue weighted by Crippen LogP contribution is -2.28. The Morgan fingerprint density at radius 2 is 2.24 bits per heavy atom. The molecule has 0 aromatic carbocycles. The summed E-state index contributed by atoms with van der Waals surface area (Å²) < 4.78 is 0. The van der Waals surface area contributed by atoms with Crippen LogP contribution < -0.4 is 4.90 Å². The molecule has 1 saturated heterocycles. The van der Waals surface area contributed by atoms with E-state index < -0.39 is 5.97 Å². The van der Waals surface area contributed by atoms with Gasteiger partial charge in [0.1, 0.15) is 5.82 Å². The van der Waals surface area contributed by atoms with Crippen molar-refractivity contribution < 1.29 is 9.90 Å². The highest BCUT2D eigenvalue weighted by atomic mass is 35.5. The van der Waals surface area contributed by atoms with Gasteiger partial charge in [-0.05, 0) is 31.4 Å². The van der Waals surface area contributed by atoms with Crippen molar-refractivity contribution in [1.29, 1.82) is 0 Å². The molecule has 1 fully saturated rings. The summed E-state index contributed by atoms with van der Waals surface area (Å²) in [6, 6.07) is 3.77. The number of halogens is 1. The fraction of sp³-hybridized carbons (Fsp3) is 0.500. The van der Waals surface area contributed by atoms with Gasteiger partial charge < -0.3 is 10.0 Å². The van der Waals surface area contributed by atoms with Crippen LogP contribution in [0.4, 0.5) is 5.82 Å². The minimum Gasteiger partial charge on any atom is -0.476 e. The fourth-order valence-corrected chi connectivity index (χ4v) is 2.55. The Hall–Kier alpha value is -1.29. The highest BCUT2D eigenvalue weighted by Crippen LogP contribution is 2.28. The fourth-order valence-electron chi connectivity index (χ4n) is 2.36. The number of anilines is 1. The molecule has 2 atom stereocenters. The first-order valence-electron chi connectivity index (χ1n) is 5.65. The van der Waals surface area contributed by atoms with E-state index in [0.717, 1.165) is 13.0 Å². The van der Waals surface area contributed by atoms with Gasteiger partial charge in [0, 0.05) is 12.6 Å². The molecule has 0 saturated carbocycles. The van der Waals surface area contributed by atoms with Gasteiger partial charge in [-0.2, -0.15) is 0 Å². The second-order valence-electron chi connectivity index (χ2n) is 4.65. The number of hydrogen-bond acceptors (Lipinski definition) is 3. The normalized spacial score (nSPS) is 24.1. The van der Waals surface area contributed by atoms with E-state index in [9.17, 15) is 4.79 Å². The van der Waals surface area contributed by atoms with Crippen molar-refractivity contribution in [2.45, 2.75) is 26.3 Å². The van der Waals surface area contributed by atoms with Crippen LogP contribution in [0.25, 0.3) is 0 Å². The maximum atomic E-state index is 11.0. The summed E-state index contributed by atoms with van der Waals surface area (Å²) in [7, 11) is 0. The topological polar surface area (TPSA) is 53.4 Å². The van der Waals surface area contributed by atoms with Crippen LogP contribution in [-0.2, 0) is 0 Å². The summed E-state index contributed by atoms with van der Waals surface area (Å²) in [4.78, 5) is 17.2. The molecule has 4 nitrogen and oxygen atoms in total. The Balaban J connectivity index is 2.34. The van der Waals surface area contributed by atoms with Gasteiger partial charge in [-0.15, -0.1) is 0 Å². The second kappa shape index (κ2) is 4.53. The van der Waals surface area contributed by atoms with Gasteiger partial charge in [0.2, 0.25) is 0 Å². The summed E-state index contributed by atoms with van der Waals surface area (Å²) in [6.07, 6.45) is 1.10. The zero-order valence-corrected chi connectivity index (χ0v) is 10.6. The predicted molar refractivity (Wildman–Crippen MR) is 66.8 cm³/mol. The third-order valence-corrected chi connectivity index (χ3v) is 3.42. The molecule has 1 N–H and O–H groups in total. The number of carboxylic acids is 1. The van der Waals surface area contributed by atoms with Crippen LogP contribution in [0, 0.1) is 5.92 Å². The number of hydrogen-bond donors (Lipinski definition) is 1. The van der Waals surface area contributed by atoms with Gasteiger partial charge in [0.25, 0.3) is 0 Å². The molecule has 2 rings (SSSR count). The molecule has 2 unspecified atom stereocenters. The zero-order valence-electron chi connectivity index (χ0n) is 9.85. The Labute approximate surface area is 105 Å². The Kier molecular flexibility index (Phi) is 3.24. The van der Waals surface area contributed by atoms with Crippen molar-refractivity contribution in [1.82, 2.24) is 4.98 Å². The standard InChI is InChI=1S/C12H15ClN2O2/c1-7-5-8(2)15(6-7)10-4-3-9(13)11(14-10)12(16)17/h3-4,7-8H,5-6H2,1-2H3,(H,16,17). The van der Waals surface area contributed by atoms with E-state index in [4.69, 9.17) is 16.7 Å². The van der Waals surface area contributed by atoms with Crippen LogP contribution >= 0.6 is 11.6 Å². The predicted octanol–water partition coefficient (Wildman–Crippen LogP) is 2.67. The molecule has 0 spiro atoms. The van der Waals surface area contributed by atoms with Gasteiger partial charge in [0.15, 0.2) is 5.69 Å². The average molecular weight is 255 g/mol. The van der Waals surface area contributed by atoms with Crippen molar-refractivity contribution in [3.63, 3.8) is 0 Å². The molecular weight excluding hydrogens is 240 g/mol. The van der Waals surface area contributed by atoms with Crippen molar-refractivity contribution >= 4 is 23.4 Å². The molecule has 0 bridgehead atoms. The molecule has 92 valence electrons. The summed E-state index contributed by atoms with van der Waals surface area (Å²) in [5.41, 5.74) is -0.0732. The van der Waals surface area contributed by atoms with E-state index in [-0.39, 0.29) is 10.7 Å². The van der Waals surface area contributed by atoms with Crippen LogP contribution in [-0.4, -0.2) is 28.6 Å². The Morgan fingerprint density at radius 3 is 2.76 bits per heavy atom. The SMILES string of the molecule is CC1CC(C)N(c2ccc(Cl)c(C(=O)O)n2)C1. The summed E-state index contributed by atoms with van der Waals surface area (Å²) in [5, 5.41) is 9.17. The monoisotopic (exact) mass is 254 g/mol. The Morgan fingerprint density at radius 1 is 1.53 bits per heavy atom. The van der Waals surface area contributed by atoms with Crippen molar-refractivity contribution in [3.8, 4) is 0 Å². The van der Waals surface area contributed by atoms with E-state index in [0.29, 0.717) is 17.8 Å². The number of pyridine rings is 1. The molecule has 0 aliphatic carbocycles. The molecule has 5 heteroatoms. The minimum absolute atomic E-state index is 0.0732. The average Bonchev–Trinajstić information content (AvgIpc) is 2.58. The van der Waals surface area contributed by atoms with Crippen molar-refractivity contribution in [3.05, 3.63) is 22.8 Å². The first-order valence-corrected chi connectivity index (χ1v) is 6.03. The zero-order chi connectivity index (χ0) is 12.6. The minimum atomic E-state index is -1.09. The molecule has 1 aromatic rings. The molecule has 0 radical (unpaired) electrons. The summed E-state index contributed by atoms with van der Waals surface area (Å²) in [6.45, 7) is 5.22. The third-order valence-electron chi connectivity index (χ3n) is 3.11. The summed E-state index contributed by atoms with van der Waals surface area (Å²) in [5.74, 6) is 0.219. The second-order valence-corrected chi connectivity index (χ2v) is 5.05.